The van der Waals surface area contributed by atoms with Crippen molar-refractivity contribution >= 4 is 11.8 Å². The second-order valence-corrected chi connectivity index (χ2v) is 6.44. The van der Waals surface area contributed by atoms with Gasteiger partial charge in [-0.1, -0.05) is 42.5 Å². The first kappa shape index (κ1) is 20.5. The molecule has 0 saturated carbocycles. The first-order chi connectivity index (χ1) is 13.1. The molecule has 0 saturated heterocycles. The number of methoxy groups -OCH3 is 1. The predicted octanol–water partition coefficient (Wildman–Crippen LogP) is 2.84. The third kappa shape index (κ3) is 7.52. The van der Waals surface area contributed by atoms with Gasteiger partial charge < -0.3 is 15.0 Å². The molecule has 144 valence electrons. The number of rotatable bonds is 10. The summed E-state index contributed by atoms with van der Waals surface area (Å²) in [6.45, 7) is 3.17. The molecular weight excluding hydrogens is 340 g/mol. The summed E-state index contributed by atoms with van der Waals surface area (Å²) in [5, 5.41) is 2.90. The van der Waals surface area contributed by atoms with Crippen LogP contribution in [0.5, 0.6) is 5.75 Å². The summed E-state index contributed by atoms with van der Waals surface area (Å²) in [5.41, 5.74) is 2.30. The fourth-order valence-corrected chi connectivity index (χ4v) is 2.80. The Labute approximate surface area is 161 Å². The number of nitrogens with one attached hydrogen (secondary N) is 1. The zero-order chi connectivity index (χ0) is 19.5. The maximum atomic E-state index is 12.0. The molecule has 5 nitrogen and oxygen atoms in total. The van der Waals surface area contributed by atoms with Crippen molar-refractivity contribution in [2.45, 2.75) is 26.2 Å². The van der Waals surface area contributed by atoms with E-state index in [1.807, 2.05) is 54.6 Å². The maximum absolute atomic E-state index is 12.0. The summed E-state index contributed by atoms with van der Waals surface area (Å²) in [6.07, 6.45) is 1.95. The molecule has 0 aromatic heterocycles. The van der Waals surface area contributed by atoms with Crippen molar-refractivity contribution in [3.05, 3.63) is 65.7 Å². The van der Waals surface area contributed by atoms with Crippen molar-refractivity contribution in [2.24, 2.45) is 0 Å². The molecule has 0 aliphatic carbocycles. The molecule has 0 spiro atoms. The van der Waals surface area contributed by atoms with E-state index in [9.17, 15) is 9.59 Å². The van der Waals surface area contributed by atoms with Crippen LogP contribution >= 0.6 is 0 Å². The minimum atomic E-state index is 0.0116. The van der Waals surface area contributed by atoms with Crippen LogP contribution in [-0.2, 0) is 22.4 Å². The molecule has 0 fully saturated rings. The van der Waals surface area contributed by atoms with Crippen molar-refractivity contribution < 1.29 is 14.3 Å². The number of hydrogen-bond donors (Lipinski definition) is 1. The molecule has 0 aliphatic heterocycles. The van der Waals surface area contributed by atoms with Crippen LogP contribution in [0.3, 0.4) is 0 Å². The van der Waals surface area contributed by atoms with Gasteiger partial charge in [0, 0.05) is 33.0 Å². The fourth-order valence-electron chi connectivity index (χ4n) is 2.80. The van der Waals surface area contributed by atoms with Gasteiger partial charge >= 0.3 is 0 Å². The molecule has 2 rings (SSSR count). The van der Waals surface area contributed by atoms with Crippen molar-refractivity contribution in [2.75, 3.05) is 26.7 Å². The predicted molar refractivity (Wildman–Crippen MR) is 107 cm³/mol. The Balaban J connectivity index is 1.70. The maximum Gasteiger partial charge on any atom is 0.220 e. The van der Waals surface area contributed by atoms with Gasteiger partial charge in [-0.15, -0.1) is 0 Å². The molecule has 0 unspecified atom stereocenters. The van der Waals surface area contributed by atoms with Crippen LogP contribution < -0.4 is 10.1 Å². The van der Waals surface area contributed by atoms with E-state index in [4.69, 9.17) is 4.74 Å². The van der Waals surface area contributed by atoms with Gasteiger partial charge in [-0.05, 0) is 36.1 Å². The molecule has 2 aromatic carbocycles. The number of ether oxygens (including phenoxy) is 1. The first-order valence-corrected chi connectivity index (χ1v) is 9.27. The molecular formula is C22H28N2O3. The minimum absolute atomic E-state index is 0.0116. The Morgan fingerprint density at radius 2 is 1.59 bits per heavy atom. The van der Waals surface area contributed by atoms with Gasteiger partial charge in [0.25, 0.3) is 0 Å². The van der Waals surface area contributed by atoms with E-state index in [0.29, 0.717) is 26.1 Å². The first-order valence-electron chi connectivity index (χ1n) is 9.27. The quantitative estimate of drug-likeness (QED) is 0.702. The topological polar surface area (TPSA) is 58.6 Å². The highest BCUT2D eigenvalue weighted by molar-refractivity contribution is 5.76. The lowest BCUT2D eigenvalue weighted by Crippen LogP contribution is -2.38. The van der Waals surface area contributed by atoms with Gasteiger partial charge in [-0.2, -0.15) is 0 Å². The van der Waals surface area contributed by atoms with E-state index in [-0.39, 0.29) is 11.8 Å². The average Bonchev–Trinajstić information content (AvgIpc) is 2.70. The third-order valence-electron chi connectivity index (χ3n) is 4.46. The molecule has 0 bridgehead atoms. The third-order valence-corrected chi connectivity index (χ3v) is 4.46. The molecule has 0 aliphatic rings. The molecule has 2 amide bonds. The van der Waals surface area contributed by atoms with Crippen LogP contribution in [0, 0.1) is 0 Å². The Kier molecular flexibility index (Phi) is 8.36. The number of benzene rings is 2. The number of nitrogens with zero attached hydrogens (tertiary/aromatic N) is 1. The average molecular weight is 368 g/mol. The molecule has 1 N–H and O–H groups in total. The van der Waals surface area contributed by atoms with E-state index in [1.165, 1.54) is 0 Å². The number of carbonyl (C=O) groups excluding carboxylic acids is 2. The summed E-state index contributed by atoms with van der Waals surface area (Å²) in [6, 6.07) is 17.8. The van der Waals surface area contributed by atoms with Crippen LogP contribution in [0.2, 0.25) is 0 Å². The van der Waals surface area contributed by atoms with Gasteiger partial charge in [0.05, 0.1) is 7.11 Å². The number of hydrogen-bond acceptors (Lipinski definition) is 3. The standard InChI is InChI=1S/C22H28N2O3/c1-18(25)24(16-14-20-8-11-21(27-2)12-9-20)17-15-23-22(26)13-10-19-6-4-3-5-7-19/h3-9,11-12H,10,13-17H2,1-2H3,(H,23,26). The van der Waals surface area contributed by atoms with Crippen molar-refractivity contribution in [3.63, 3.8) is 0 Å². The lowest BCUT2D eigenvalue weighted by atomic mass is 10.1. The zero-order valence-corrected chi connectivity index (χ0v) is 16.1. The Hall–Kier alpha value is -2.82. The van der Waals surface area contributed by atoms with E-state index in [0.717, 1.165) is 29.7 Å². The van der Waals surface area contributed by atoms with Crippen LogP contribution in [0.1, 0.15) is 24.5 Å². The SMILES string of the molecule is COc1ccc(CCN(CCNC(=O)CCc2ccccc2)C(C)=O)cc1. The van der Waals surface area contributed by atoms with Gasteiger partial charge in [0.1, 0.15) is 5.75 Å². The molecule has 27 heavy (non-hydrogen) atoms. The summed E-state index contributed by atoms with van der Waals surface area (Å²) in [5.74, 6) is 0.847. The smallest absolute Gasteiger partial charge is 0.220 e. The minimum Gasteiger partial charge on any atom is -0.497 e. The summed E-state index contributed by atoms with van der Waals surface area (Å²) in [4.78, 5) is 25.6. The van der Waals surface area contributed by atoms with Crippen LogP contribution in [0.15, 0.2) is 54.6 Å². The highest BCUT2D eigenvalue weighted by Gasteiger charge is 2.10. The second-order valence-electron chi connectivity index (χ2n) is 6.44. The fraction of sp³-hybridized carbons (Fsp3) is 0.364. The largest absolute Gasteiger partial charge is 0.497 e. The second kappa shape index (κ2) is 11.0. The lowest BCUT2D eigenvalue weighted by molar-refractivity contribution is -0.129. The van der Waals surface area contributed by atoms with E-state index in [2.05, 4.69) is 5.32 Å². The highest BCUT2D eigenvalue weighted by Crippen LogP contribution is 2.12. The van der Waals surface area contributed by atoms with Gasteiger partial charge in [0.2, 0.25) is 11.8 Å². The number of amides is 2. The van der Waals surface area contributed by atoms with Crippen molar-refractivity contribution in [1.29, 1.82) is 0 Å². The molecule has 0 heterocycles. The monoisotopic (exact) mass is 368 g/mol. The van der Waals surface area contributed by atoms with E-state index in [1.54, 1.807) is 18.9 Å². The summed E-state index contributed by atoms with van der Waals surface area (Å²) >= 11 is 0. The summed E-state index contributed by atoms with van der Waals surface area (Å²) < 4.78 is 5.15. The Morgan fingerprint density at radius 1 is 0.926 bits per heavy atom. The van der Waals surface area contributed by atoms with Crippen LogP contribution in [-0.4, -0.2) is 43.5 Å². The lowest BCUT2D eigenvalue weighted by Gasteiger charge is -2.21. The van der Waals surface area contributed by atoms with E-state index >= 15 is 0 Å². The highest BCUT2D eigenvalue weighted by atomic mass is 16.5. The van der Waals surface area contributed by atoms with Gasteiger partial charge in [-0.25, -0.2) is 0 Å². The molecule has 2 aromatic rings. The Morgan fingerprint density at radius 3 is 2.22 bits per heavy atom. The molecule has 0 radical (unpaired) electrons. The van der Waals surface area contributed by atoms with Crippen molar-refractivity contribution in [3.8, 4) is 5.75 Å². The molecule has 5 heteroatoms. The normalized spacial score (nSPS) is 10.3. The number of carbonyl (C=O) groups is 2. The zero-order valence-electron chi connectivity index (χ0n) is 16.1. The molecule has 0 atom stereocenters. The van der Waals surface area contributed by atoms with Crippen LogP contribution in [0.4, 0.5) is 0 Å². The van der Waals surface area contributed by atoms with Gasteiger partial charge in [-0.3, -0.25) is 9.59 Å². The van der Waals surface area contributed by atoms with Crippen molar-refractivity contribution in [1.82, 2.24) is 10.2 Å². The number of aryl methyl sites for hydroxylation is 1. The van der Waals surface area contributed by atoms with E-state index < -0.39 is 0 Å². The van der Waals surface area contributed by atoms with Gasteiger partial charge in [0.15, 0.2) is 0 Å². The summed E-state index contributed by atoms with van der Waals surface area (Å²) in [7, 11) is 1.64. The Bertz CT molecular complexity index is 714. The van der Waals surface area contributed by atoms with Crippen LogP contribution in [0.25, 0.3) is 0 Å².